The third kappa shape index (κ3) is 5.80. The summed E-state index contributed by atoms with van der Waals surface area (Å²) in [5.74, 6) is 0.0141. The van der Waals surface area contributed by atoms with Gasteiger partial charge < -0.3 is 10.6 Å². The van der Waals surface area contributed by atoms with E-state index in [1.54, 1.807) is 18.2 Å². The average Bonchev–Trinajstić information content (AvgIpc) is 3.56. The molecule has 5 heterocycles. The van der Waals surface area contributed by atoms with E-state index in [0.717, 1.165) is 51.7 Å². The third-order valence-electron chi connectivity index (χ3n) is 9.00. The largest absolute Gasteiger partial charge is 0.312 e. The van der Waals surface area contributed by atoms with Gasteiger partial charge in [0.15, 0.2) is 5.15 Å². The number of likely N-dealkylation sites (N-methyl/N-ethyl adjacent to an activating group) is 1. The van der Waals surface area contributed by atoms with Crippen molar-refractivity contribution < 1.29 is 4.39 Å². The zero-order valence-electron chi connectivity index (χ0n) is 23.2. The van der Waals surface area contributed by atoms with E-state index in [-0.39, 0.29) is 22.9 Å². The topological polar surface area (TPSA) is 105 Å². The van der Waals surface area contributed by atoms with Crippen LogP contribution in [0.1, 0.15) is 45.1 Å². The molecule has 6 atom stereocenters. The SMILES string of the molecule is C[C@@H]1CCC[C@H](n2cnc(-c3cc(Cl)ccc3-n3cc(Cl)nn3)c(F)c2=O)C2CC(CCN2)C2C(CNN2C)NC1. The fraction of sp³-hybridized carbons (Fsp3) is 0.571. The van der Waals surface area contributed by atoms with Crippen LogP contribution in [0.4, 0.5) is 4.39 Å². The molecular formula is C28H36Cl2FN9O. The van der Waals surface area contributed by atoms with E-state index in [1.165, 1.54) is 21.8 Å². The molecule has 3 aromatic rings. The van der Waals surface area contributed by atoms with Gasteiger partial charge in [0.1, 0.15) is 5.69 Å². The molecule has 3 aliphatic rings. The Labute approximate surface area is 248 Å². The maximum atomic E-state index is 16.0. The number of rotatable bonds is 3. The summed E-state index contributed by atoms with van der Waals surface area (Å²) in [5, 5.41) is 18.1. The summed E-state index contributed by atoms with van der Waals surface area (Å²) in [6, 6.07) is 5.44. The molecule has 4 unspecified atom stereocenters. The number of hydrogen-bond acceptors (Lipinski definition) is 8. The molecule has 220 valence electrons. The Balaban J connectivity index is 1.36. The fourth-order valence-electron chi connectivity index (χ4n) is 6.95. The van der Waals surface area contributed by atoms with E-state index in [9.17, 15) is 4.79 Å². The fourth-order valence-corrected chi connectivity index (χ4v) is 7.25. The lowest BCUT2D eigenvalue weighted by molar-refractivity contribution is 0.108. The van der Waals surface area contributed by atoms with E-state index in [0.29, 0.717) is 40.2 Å². The van der Waals surface area contributed by atoms with Crippen molar-refractivity contribution in [1.82, 2.24) is 45.6 Å². The predicted molar refractivity (Wildman–Crippen MR) is 157 cm³/mol. The van der Waals surface area contributed by atoms with Gasteiger partial charge in [-0.3, -0.25) is 14.8 Å². The molecule has 2 bridgehead atoms. The number of aromatic nitrogens is 5. The molecule has 3 aliphatic heterocycles. The van der Waals surface area contributed by atoms with Crippen LogP contribution in [0.5, 0.6) is 0 Å². The molecule has 3 fully saturated rings. The van der Waals surface area contributed by atoms with Crippen molar-refractivity contribution in [3.05, 3.63) is 57.1 Å². The molecule has 41 heavy (non-hydrogen) atoms. The molecular weight excluding hydrogens is 568 g/mol. The highest BCUT2D eigenvalue weighted by molar-refractivity contribution is 6.31. The minimum Gasteiger partial charge on any atom is -0.312 e. The summed E-state index contributed by atoms with van der Waals surface area (Å²) in [4.78, 5) is 18.2. The highest BCUT2D eigenvalue weighted by Gasteiger charge is 2.41. The molecule has 0 saturated carbocycles. The van der Waals surface area contributed by atoms with Gasteiger partial charge >= 0.3 is 0 Å². The summed E-state index contributed by atoms with van der Waals surface area (Å²) < 4.78 is 19.0. The van der Waals surface area contributed by atoms with E-state index in [4.69, 9.17) is 23.2 Å². The molecule has 3 saturated heterocycles. The molecule has 3 N–H and O–H groups in total. The van der Waals surface area contributed by atoms with Crippen LogP contribution in [0.25, 0.3) is 16.9 Å². The third-order valence-corrected chi connectivity index (χ3v) is 9.40. The average molecular weight is 605 g/mol. The Kier molecular flexibility index (Phi) is 8.44. The lowest BCUT2D eigenvalue weighted by Gasteiger charge is -2.42. The molecule has 1 aromatic carbocycles. The Morgan fingerprint density at radius 2 is 1.95 bits per heavy atom. The van der Waals surface area contributed by atoms with Crippen molar-refractivity contribution in [1.29, 1.82) is 0 Å². The maximum absolute atomic E-state index is 16.0. The molecule has 0 aliphatic carbocycles. The minimum absolute atomic E-state index is 0.0295. The lowest BCUT2D eigenvalue weighted by atomic mass is 9.80. The van der Waals surface area contributed by atoms with Crippen molar-refractivity contribution in [3.8, 4) is 16.9 Å². The van der Waals surface area contributed by atoms with Crippen LogP contribution >= 0.6 is 23.2 Å². The number of hydrogen-bond donors (Lipinski definition) is 3. The van der Waals surface area contributed by atoms with Crippen LogP contribution in [0.15, 0.2) is 35.5 Å². The summed E-state index contributed by atoms with van der Waals surface area (Å²) in [6.45, 7) is 4.99. The second-order valence-corrected chi connectivity index (χ2v) is 12.5. The smallest absolute Gasteiger partial charge is 0.290 e. The van der Waals surface area contributed by atoms with Crippen LogP contribution in [0, 0.1) is 17.7 Å². The quantitative estimate of drug-likeness (QED) is 0.418. The Hall–Kier alpha value is -2.41. The van der Waals surface area contributed by atoms with E-state index in [1.807, 2.05) is 0 Å². The number of nitrogens with one attached hydrogen (secondary N) is 3. The molecule has 6 rings (SSSR count). The van der Waals surface area contributed by atoms with Gasteiger partial charge in [-0.05, 0) is 68.8 Å². The monoisotopic (exact) mass is 603 g/mol. The minimum atomic E-state index is -0.918. The van der Waals surface area contributed by atoms with Gasteiger partial charge in [-0.2, -0.15) is 4.39 Å². The molecule has 0 spiro atoms. The Morgan fingerprint density at radius 1 is 1.10 bits per heavy atom. The van der Waals surface area contributed by atoms with Gasteiger partial charge in [-0.25, -0.2) is 14.7 Å². The van der Waals surface area contributed by atoms with Crippen molar-refractivity contribution in [2.24, 2.45) is 11.8 Å². The van der Waals surface area contributed by atoms with Crippen LogP contribution < -0.4 is 21.6 Å². The second kappa shape index (κ2) is 12.1. The number of fused-ring (bicyclic) bond motifs is 4. The summed E-state index contributed by atoms with van der Waals surface area (Å²) in [7, 11) is 2.12. The summed E-state index contributed by atoms with van der Waals surface area (Å²) in [5.41, 5.74) is 3.54. The number of benzene rings is 1. The van der Waals surface area contributed by atoms with Crippen LogP contribution in [0.3, 0.4) is 0 Å². The molecule has 2 aromatic heterocycles. The van der Waals surface area contributed by atoms with Crippen LogP contribution in [-0.4, -0.2) is 74.4 Å². The van der Waals surface area contributed by atoms with E-state index in [2.05, 4.69) is 50.3 Å². The Bertz CT molecular complexity index is 1450. The van der Waals surface area contributed by atoms with Crippen LogP contribution in [0.2, 0.25) is 10.2 Å². The molecule has 13 heteroatoms. The maximum Gasteiger partial charge on any atom is 0.290 e. The normalized spacial score (nSPS) is 29.5. The van der Waals surface area contributed by atoms with Gasteiger partial charge in [0.25, 0.3) is 5.56 Å². The first-order valence-electron chi connectivity index (χ1n) is 14.4. The van der Waals surface area contributed by atoms with Crippen molar-refractivity contribution >= 4 is 23.2 Å². The number of hydrazine groups is 1. The van der Waals surface area contributed by atoms with Crippen molar-refractivity contribution in [3.63, 3.8) is 0 Å². The summed E-state index contributed by atoms with van der Waals surface area (Å²) in [6.07, 6.45) is 7.67. The summed E-state index contributed by atoms with van der Waals surface area (Å²) >= 11 is 12.3. The lowest BCUT2D eigenvalue weighted by Crippen LogP contribution is -2.54. The first-order chi connectivity index (χ1) is 19.8. The van der Waals surface area contributed by atoms with Crippen molar-refractivity contribution in [2.75, 3.05) is 26.7 Å². The zero-order valence-corrected chi connectivity index (χ0v) is 24.7. The standard InChI is InChI=1S/C28H36Cl2FN9O/c1-16-4-3-5-23(20-10-17(8-9-32-20)27-21(33-12-16)13-35-38(27)2)39-15-34-26(25(31)28(39)41)19-11-18(29)6-7-22(19)40-14-24(30)36-37-40/h6-7,11,14-17,20-21,23,27,32-33,35H,3-5,8-10,12-13H2,1-2H3/t16-,17?,20?,21?,23+,27?/m1/s1. The van der Waals surface area contributed by atoms with Gasteiger partial charge in [-0.1, -0.05) is 41.8 Å². The van der Waals surface area contributed by atoms with Gasteiger partial charge in [0.05, 0.1) is 24.3 Å². The second-order valence-electron chi connectivity index (χ2n) is 11.7. The molecule has 0 radical (unpaired) electrons. The van der Waals surface area contributed by atoms with Crippen molar-refractivity contribution in [2.45, 2.75) is 63.2 Å². The van der Waals surface area contributed by atoms with Crippen LogP contribution in [-0.2, 0) is 0 Å². The zero-order chi connectivity index (χ0) is 28.7. The van der Waals surface area contributed by atoms with Gasteiger partial charge in [-0.15, -0.1) is 5.10 Å². The highest BCUT2D eigenvalue weighted by Crippen LogP contribution is 2.34. The first-order valence-corrected chi connectivity index (χ1v) is 15.1. The number of halogens is 3. The molecule has 10 nitrogen and oxygen atoms in total. The molecule has 0 amide bonds. The van der Waals surface area contributed by atoms with Gasteiger partial charge in [0.2, 0.25) is 5.82 Å². The number of nitrogens with zero attached hydrogens (tertiary/aromatic N) is 6. The van der Waals surface area contributed by atoms with E-state index >= 15 is 4.39 Å². The highest BCUT2D eigenvalue weighted by atomic mass is 35.5. The van der Waals surface area contributed by atoms with Gasteiger partial charge in [0, 0.05) is 42.3 Å². The first kappa shape index (κ1) is 28.7. The predicted octanol–water partition coefficient (Wildman–Crippen LogP) is 3.44. The number of piperidine rings is 1. The Morgan fingerprint density at radius 3 is 2.76 bits per heavy atom. The van der Waals surface area contributed by atoms with E-state index < -0.39 is 11.4 Å².